The average molecular weight is 385 g/mol. The molecule has 2 aromatic rings. The molecular weight excluding hydrogens is 367 g/mol. The summed E-state index contributed by atoms with van der Waals surface area (Å²) in [6, 6.07) is 7.15. The summed E-state index contributed by atoms with van der Waals surface area (Å²) in [5, 5.41) is 0. The first-order chi connectivity index (χ1) is 12.6. The van der Waals surface area contributed by atoms with Gasteiger partial charge in [0.05, 0.1) is 6.54 Å². The van der Waals surface area contributed by atoms with Crippen LogP contribution < -0.4 is 5.56 Å². The standard InChI is InChI=1S/C17H18F3N3O4/c1-21(2)15(25)10-23(11-17(18,19)20)16(26)13-7-6-12(27-13)9-22-8-4-3-5-14(22)24/h3-8H,9-11H2,1-2H3. The largest absolute Gasteiger partial charge is 0.454 e. The van der Waals surface area contributed by atoms with Gasteiger partial charge in [0.15, 0.2) is 5.76 Å². The number of pyridine rings is 1. The maximum Gasteiger partial charge on any atom is 0.406 e. The van der Waals surface area contributed by atoms with Crippen molar-refractivity contribution in [1.82, 2.24) is 14.4 Å². The van der Waals surface area contributed by atoms with E-state index in [9.17, 15) is 27.6 Å². The summed E-state index contributed by atoms with van der Waals surface area (Å²) in [7, 11) is 2.75. The number of rotatable bonds is 6. The fourth-order valence-electron chi connectivity index (χ4n) is 2.21. The lowest BCUT2D eigenvalue weighted by molar-refractivity contribution is -0.146. The van der Waals surface area contributed by atoms with E-state index in [0.717, 1.165) is 4.90 Å². The molecule has 0 unspecified atom stereocenters. The Labute approximate surface area is 152 Å². The van der Waals surface area contributed by atoms with E-state index in [4.69, 9.17) is 4.42 Å². The Morgan fingerprint density at radius 1 is 1.15 bits per heavy atom. The molecule has 0 bridgehead atoms. The Balaban J connectivity index is 2.19. The molecule has 0 spiro atoms. The van der Waals surface area contributed by atoms with Gasteiger partial charge in [-0.05, 0) is 18.2 Å². The van der Waals surface area contributed by atoms with Crippen molar-refractivity contribution in [3.8, 4) is 0 Å². The first-order valence-electron chi connectivity index (χ1n) is 7.87. The molecule has 0 aromatic carbocycles. The van der Waals surface area contributed by atoms with Gasteiger partial charge >= 0.3 is 6.18 Å². The van der Waals surface area contributed by atoms with Crippen LogP contribution in [-0.2, 0) is 11.3 Å². The number of hydrogen-bond donors (Lipinski definition) is 0. The molecule has 27 heavy (non-hydrogen) atoms. The minimum atomic E-state index is -4.67. The highest BCUT2D eigenvalue weighted by Gasteiger charge is 2.35. The summed E-state index contributed by atoms with van der Waals surface area (Å²) >= 11 is 0. The zero-order valence-corrected chi connectivity index (χ0v) is 14.7. The van der Waals surface area contributed by atoms with Crippen molar-refractivity contribution in [2.45, 2.75) is 12.7 Å². The molecule has 2 aromatic heterocycles. The van der Waals surface area contributed by atoms with Gasteiger partial charge in [-0.1, -0.05) is 6.07 Å². The maximum atomic E-state index is 12.8. The molecule has 146 valence electrons. The number of amides is 2. The topological polar surface area (TPSA) is 75.8 Å². The van der Waals surface area contributed by atoms with Crippen molar-refractivity contribution in [3.63, 3.8) is 0 Å². The van der Waals surface area contributed by atoms with Gasteiger partial charge < -0.3 is 18.8 Å². The van der Waals surface area contributed by atoms with Gasteiger partial charge in [0, 0.05) is 26.4 Å². The predicted molar refractivity (Wildman–Crippen MR) is 89.2 cm³/mol. The summed E-state index contributed by atoms with van der Waals surface area (Å²) in [6.07, 6.45) is -3.16. The predicted octanol–water partition coefficient (Wildman–Crippen LogP) is 1.58. The van der Waals surface area contributed by atoms with Gasteiger partial charge in [-0.3, -0.25) is 14.4 Å². The lowest BCUT2D eigenvalue weighted by Crippen LogP contribution is -2.44. The van der Waals surface area contributed by atoms with E-state index >= 15 is 0 Å². The van der Waals surface area contributed by atoms with Crippen LogP contribution in [-0.4, -0.2) is 59.5 Å². The maximum absolute atomic E-state index is 12.8. The number of alkyl halides is 3. The molecule has 0 fully saturated rings. The van der Waals surface area contributed by atoms with Crippen LogP contribution in [0.2, 0.25) is 0 Å². The molecule has 0 radical (unpaired) electrons. The van der Waals surface area contributed by atoms with Crippen molar-refractivity contribution >= 4 is 11.8 Å². The number of likely N-dealkylation sites (N-methyl/N-ethyl adjacent to an activating group) is 1. The second-order valence-corrected chi connectivity index (χ2v) is 6.00. The molecule has 2 heterocycles. The van der Waals surface area contributed by atoms with E-state index in [1.54, 1.807) is 12.1 Å². The summed E-state index contributed by atoms with van der Waals surface area (Å²) in [5.41, 5.74) is -0.294. The summed E-state index contributed by atoms with van der Waals surface area (Å²) in [4.78, 5) is 37.3. The van der Waals surface area contributed by atoms with Crippen molar-refractivity contribution in [1.29, 1.82) is 0 Å². The zero-order chi connectivity index (χ0) is 20.2. The SMILES string of the molecule is CN(C)C(=O)CN(CC(F)(F)F)C(=O)c1ccc(Cn2ccccc2=O)o1. The second-order valence-electron chi connectivity index (χ2n) is 6.00. The molecule has 0 N–H and O–H groups in total. The molecule has 0 aliphatic rings. The number of nitrogens with zero attached hydrogens (tertiary/aromatic N) is 3. The van der Waals surface area contributed by atoms with E-state index in [0.29, 0.717) is 4.90 Å². The average Bonchev–Trinajstić information content (AvgIpc) is 3.03. The van der Waals surface area contributed by atoms with Crippen LogP contribution in [0.3, 0.4) is 0 Å². The normalized spacial score (nSPS) is 11.3. The Morgan fingerprint density at radius 2 is 1.85 bits per heavy atom. The van der Waals surface area contributed by atoms with Gasteiger partial charge in [-0.25, -0.2) is 0 Å². The summed E-state index contributed by atoms with van der Waals surface area (Å²) in [5.74, 6) is -1.84. The summed E-state index contributed by atoms with van der Waals surface area (Å²) < 4.78 is 45.0. The molecule has 0 atom stereocenters. The van der Waals surface area contributed by atoms with Gasteiger partial charge in [0.2, 0.25) is 5.91 Å². The molecule has 0 aliphatic heterocycles. The van der Waals surface area contributed by atoms with Crippen LogP contribution in [0.1, 0.15) is 16.3 Å². The first-order valence-corrected chi connectivity index (χ1v) is 7.87. The molecule has 2 rings (SSSR count). The number of carbonyl (C=O) groups excluding carboxylic acids is 2. The third-order valence-corrected chi connectivity index (χ3v) is 3.58. The Morgan fingerprint density at radius 3 is 2.44 bits per heavy atom. The number of halogens is 3. The van der Waals surface area contributed by atoms with Gasteiger partial charge in [-0.15, -0.1) is 0 Å². The van der Waals surface area contributed by atoms with Crippen molar-refractivity contribution in [2.24, 2.45) is 0 Å². The van der Waals surface area contributed by atoms with E-state index < -0.39 is 31.1 Å². The lowest BCUT2D eigenvalue weighted by Gasteiger charge is -2.24. The minimum absolute atomic E-state index is 0.0167. The van der Waals surface area contributed by atoms with Crippen LogP contribution in [0, 0.1) is 0 Å². The van der Waals surface area contributed by atoms with Crippen molar-refractivity contribution in [2.75, 3.05) is 27.2 Å². The third-order valence-electron chi connectivity index (χ3n) is 3.58. The third kappa shape index (κ3) is 5.73. The molecule has 0 saturated heterocycles. The van der Waals surface area contributed by atoms with Crippen molar-refractivity contribution < 1.29 is 27.2 Å². The van der Waals surface area contributed by atoms with Crippen LogP contribution in [0.15, 0.2) is 45.7 Å². The van der Waals surface area contributed by atoms with Crippen LogP contribution in [0.4, 0.5) is 13.2 Å². The first kappa shape index (κ1) is 20.3. The highest BCUT2D eigenvalue weighted by Crippen LogP contribution is 2.19. The number of furan rings is 1. The molecule has 10 heteroatoms. The Hall–Kier alpha value is -3.04. The molecule has 2 amide bonds. The van der Waals surface area contributed by atoms with E-state index in [2.05, 4.69) is 0 Å². The number of hydrogen-bond acceptors (Lipinski definition) is 4. The molecule has 0 saturated carbocycles. The van der Waals surface area contributed by atoms with Gasteiger partial charge in [0.25, 0.3) is 11.5 Å². The smallest absolute Gasteiger partial charge is 0.406 e. The monoisotopic (exact) mass is 385 g/mol. The van der Waals surface area contributed by atoms with E-state index in [-0.39, 0.29) is 23.6 Å². The highest BCUT2D eigenvalue weighted by atomic mass is 19.4. The minimum Gasteiger partial charge on any atom is -0.454 e. The van der Waals surface area contributed by atoms with Gasteiger partial charge in [0.1, 0.15) is 18.8 Å². The molecule has 0 aliphatic carbocycles. The zero-order valence-electron chi connectivity index (χ0n) is 14.7. The Bertz CT molecular complexity index is 871. The van der Waals surface area contributed by atoms with E-state index in [1.165, 1.54) is 43.1 Å². The summed E-state index contributed by atoms with van der Waals surface area (Å²) in [6.45, 7) is -2.30. The fraction of sp³-hybridized carbons (Fsp3) is 0.353. The highest BCUT2D eigenvalue weighted by molar-refractivity contribution is 5.94. The molecular formula is C17H18F3N3O4. The number of carbonyl (C=O) groups is 2. The van der Waals surface area contributed by atoms with Gasteiger partial charge in [-0.2, -0.15) is 13.2 Å². The van der Waals surface area contributed by atoms with Crippen molar-refractivity contribution in [3.05, 3.63) is 58.4 Å². The second kappa shape index (κ2) is 8.11. The van der Waals surface area contributed by atoms with Crippen LogP contribution in [0.5, 0.6) is 0 Å². The fourth-order valence-corrected chi connectivity index (χ4v) is 2.21. The lowest BCUT2D eigenvalue weighted by atomic mass is 10.3. The quantitative estimate of drug-likeness (QED) is 0.757. The van der Waals surface area contributed by atoms with Crippen LogP contribution in [0.25, 0.3) is 0 Å². The Kier molecular flexibility index (Phi) is 6.09. The van der Waals surface area contributed by atoms with Crippen LogP contribution >= 0.6 is 0 Å². The molecule has 7 nitrogen and oxygen atoms in total. The number of aromatic nitrogens is 1. The van der Waals surface area contributed by atoms with E-state index in [1.807, 2.05) is 0 Å².